The van der Waals surface area contributed by atoms with Crippen molar-refractivity contribution in [1.82, 2.24) is 13.5 Å². The van der Waals surface area contributed by atoms with Crippen LogP contribution in [0.1, 0.15) is 0 Å². The molecule has 82 valence electrons. The minimum absolute atomic E-state index is 0.718. The van der Waals surface area contributed by atoms with E-state index in [0.717, 1.165) is 28.5 Å². The highest BCUT2D eigenvalue weighted by Crippen LogP contribution is 2.28. The summed E-state index contributed by atoms with van der Waals surface area (Å²) < 4.78 is 17.9. The Morgan fingerprint density at radius 1 is 1.12 bits per heavy atom. The first kappa shape index (κ1) is 11.6. The highest BCUT2D eigenvalue weighted by Gasteiger charge is 2.07. The van der Waals surface area contributed by atoms with Crippen LogP contribution in [0.25, 0.3) is 0 Å². The van der Waals surface area contributed by atoms with Crippen LogP contribution >= 0.6 is 25.1 Å². The van der Waals surface area contributed by atoms with Crippen molar-refractivity contribution < 1.29 is 4.52 Å². The van der Waals surface area contributed by atoms with Crippen LogP contribution in [0.5, 0.6) is 5.75 Å². The molecule has 8 heteroatoms. The first-order chi connectivity index (χ1) is 7.75. The number of hydrogen-bond acceptors (Lipinski definition) is 5. The maximum atomic E-state index is 5.63. The summed E-state index contributed by atoms with van der Waals surface area (Å²) in [6.07, 6.45) is 0. The molecule has 16 heavy (non-hydrogen) atoms. The van der Waals surface area contributed by atoms with Gasteiger partial charge < -0.3 is 9.42 Å². The second-order valence-electron chi connectivity index (χ2n) is 3.18. The van der Waals surface area contributed by atoms with Crippen LogP contribution in [0.3, 0.4) is 0 Å². The van der Waals surface area contributed by atoms with Gasteiger partial charge in [0.25, 0.3) is 0 Å². The van der Waals surface area contributed by atoms with Gasteiger partial charge in [-0.15, -0.1) is 0 Å². The average molecular weight is 271 g/mol. The van der Waals surface area contributed by atoms with E-state index in [1.807, 2.05) is 43.3 Å². The summed E-state index contributed by atoms with van der Waals surface area (Å²) in [5.41, 5.74) is 1.14. The molecule has 0 bridgehead atoms. The fourth-order valence-corrected chi connectivity index (χ4v) is 3.76. The van der Waals surface area contributed by atoms with Crippen molar-refractivity contribution in [3.05, 3.63) is 24.3 Å². The molecule has 0 atom stereocenters. The SMILES string of the molecule is CN(C)c1ccc(O[p+]2npnpn2)cc1. The number of nitrogens with zero attached hydrogens (tertiary/aromatic N) is 4. The van der Waals surface area contributed by atoms with Gasteiger partial charge in [0, 0.05) is 28.8 Å². The standard InChI is InChI=1S/C8H10N4OP3/c1-12(2)7-3-5-8(6-4-7)13-16-10-14-9-15-11-16/h3-6H,1-2H3/q+1. The van der Waals surface area contributed by atoms with Crippen LogP contribution in [0.2, 0.25) is 0 Å². The number of rotatable bonds is 3. The maximum Gasteiger partial charge on any atom is 0.414 e. The van der Waals surface area contributed by atoms with Gasteiger partial charge in [0.15, 0.2) is 5.75 Å². The average Bonchev–Trinajstić information content (AvgIpc) is 2.31. The predicted octanol–water partition coefficient (Wildman–Crippen LogP) is 3.21. The zero-order valence-electron chi connectivity index (χ0n) is 8.85. The highest BCUT2D eigenvalue weighted by atomic mass is 31.2. The van der Waals surface area contributed by atoms with Crippen molar-refractivity contribution in [2.24, 2.45) is 0 Å². The monoisotopic (exact) mass is 271 g/mol. The van der Waals surface area contributed by atoms with E-state index >= 15 is 0 Å². The van der Waals surface area contributed by atoms with Crippen molar-refractivity contribution in [3.63, 3.8) is 0 Å². The van der Waals surface area contributed by atoms with Crippen LogP contribution in [0.4, 0.5) is 5.69 Å². The second-order valence-corrected chi connectivity index (χ2v) is 6.37. The molecule has 0 aliphatic rings. The lowest BCUT2D eigenvalue weighted by atomic mass is 10.3. The Morgan fingerprint density at radius 2 is 1.75 bits per heavy atom. The Labute approximate surface area is 98.3 Å². The molecule has 0 spiro atoms. The predicted molar refractivity (Wildman–Crippen MR) is 68.8 cm³/mol. The zero-order valence-corrected chi connectivity index (χ0v) is 11.5. The van der Waals surface area contributed by atoms with Gasteiger partial charge in [0.05, 0.1) is 0 Å². The van der Waals surface area contributed by atoms with E-state index < -0.39 is 8.08 Å². The molecule has 2 rings (SSSR count). The molecule has 0 N–H and O–H groups in total. The lowest BCUT2D eigenvalue weighted by Crippen LogP contribution is -2.07. The normalized spacial score (nSPS) is 12.0. The fourth-order valence-electron chi connectivity index (χ4n) is 1.08. The van der Waals surface area contributed by atoms with Crippen molar-refractivity contribution in [2.45, 2.75) is 0 Å². The molecule has 1 aromatic heterocycles. The molecule has 0 saturated heterocycles. The van der Waals surface area contributed by atoms with Crippen LogP contribution in [0.15, 0.2) is 24.3 Å². The summed E-state index contributed by atoms with van der Waals surface area (Å²) in [5, 5.41) is 0. The van der Waals surface area contributed by atoms with Gasteiger partial charge in [-0.05, 0) is 28.8 Å². The summed E-state index contributed by atoms with van der Waals surface area (Å²) in [6.45, 7) is 0. The minimum Gasteiger partial charge on any atom is -0.378 e. The van der Waals surface area contributed by atoms with E-state index in [9.17, 15) is 0 Å². The van der Waals surface area contributed by atoms with Gasteiger partial charge in [-0.2, -0.15) is 0 Å². The summed E-state index contributed by atoms with van der Waals surface area (Å²) in [7, 11) is 4.39. The molecule has 1 heterocycles. The molecular weight excluding hydrogens is 261 g/mol. The Balaban J connectivity index is 2.11. The molecule has 2 aromatic rings. The van der Waals surface area contributed by atoms with Crippen LogP contribution in [-0.4, -0.2) is 27.6 Å². The molecule has 0 radical (unpaired) electrons. The third-order valence-electron chi connectivity index (χ3n) is 1.85. The van der Waals surface area contributed by atoms with Crippen LogP contribution in [0, 0.1) is 0 Å². The number of anilines is 1. The molecule has 5 nitrogen and oxygen atoms in total. The smallest absolute Gasteiger partial charge is 0.378 e. The van der Waals surface area contributed by atoms with Gasteiger partial charge in [0.1, 0.15) is 0 Å². The molecule has 0 aliphatic heterocycles. The van der Waals surface area contributed by atoms with Gasteiger partial charge in [-0.1, -0.05) is 0 Å². The van der Waals surface area contributed by atoms with E-state index in [-0.39, 0.29) is 0 Å². The lowest BCUT2D eigenvalue weighted by Gasteiger charge is -2.11. The Bertz CT molecular complexity index is 451. The van der Waals surface area contributed by atoms with Gasteiger partial charge in [-0.25, -0.2) is 0 Å². The minimum atomic E-state index is -1.06. The first-order valence-corrected chi connectivity index (χ1v) is 7.29. The second kappa shape index (κ2) is 5.45. The van der Waals surface area contributed by atoms with Gasteiger partial charge >= 0.3 is 25.1 Å². The van der Waals surface area contributed by atoms with Crippen molar-refractivity contribution in [3.8, 4) is 5.75 Å². The number of benzene rings is 1. The van der Waals surface area contributed by atoms with E-state index in [1.54, 1.807) is 0 Å². The van der Waals surface area contributed by atoms with E-state index in [0.29, 0.717) is 0 Å². The third-order valence-corrected chi connectivity index (χ3v) is 4.73. The highest BCUT2D eigenvalue weighted by molar-refractivity contribution is 7.50. The maximum absolute atomic E-state index is 5.63. The van der Waals surface area contributed by atoms with Crippen LogP contribution in [-0.2, 0) is 0 Å². The van der Waals surface area contributed by atoms with Crippen LogP contribution < -0.4 is 9.42 Å². The molecule has 0 aliphatic carbocycles. The van der Waals surface area contributed by atoms with E-state index in [2.05, 4.69) is 13.5 Å². The van der Waals surface area contributed by atoms with E-state index in [4.69, 9.17) is 4.52 Å². The molecule has 0 fully saturated rings. The zero-order chi connectivity index (χ0) is 11.4. The molecule has 0 saturated carbocycles. The Kier molecular flexibility index (Phi) is 3.95. The number of aromatic nitrogens is 3. The third kappa shape index (κ3) is 3.05. The Hall–Kier alpha value is -0.880. The number of hydrogen-bond donors (Lipinski definition) is 0. The first-order valence-electron chi connectivity index (χ1n) is 4.53. The Morgan fingerprint density at radius 3 is 2.31 bits per heavy atom. The van der Waals surface area contributed by atoms with Gasteiger partial charge in [0.2, 0.25) is 0 Å². The molecular formula is C8H10N4OP3+. The summed E-state index contributed by atoms with van der Waals surface area (Å²) >= 11 is 0. The summed E-state index contributed by atoms with van der Waals surface area (Å²) in [6, 6.07) is 7.88. The van der Waals surface area contributed by atoms with Crippen molar-refractivity contribution in [1.29, 1.82) is 0 Å². The molecule has 0 unspecified atom stereocenters. The topological polar surface area (TPSA) is 51.1 Å². The molecule has 0 amide bonds. The van der Waals surface area contributed by atoms with Gasteiger partial charge in [-0.3, -0.25) is 0 Å². The fraction of sp³-hybridized carbons (Fsp3) is 0.250. The van der Waals surface area contributed by atoms with Crippen molar-refractivity contribution in [2.75, 3.05) is 19.0 Å². The van der Waals surface area contributed by atoms with E-state index in [1.165, 1.54) is 0 Å². The summed E-state index contributed by atoms with van der Waals surface area (Å²) in [5.74, 6) is 0.802. The van der Waals surface area contributed by atoms with Crippen molar-refractivity contribution >= 4 is 30.8 Å². The quantitative estimate of drug-likeness (QED) is 0.857. The largest absolute Gasteiger partial charge is 0.414 e. The lowest BCUT2D eigenvalue weighted by molar-refractivity contribution is 0.624. The summed E-state index contributed by atoms with van der Waals surface area (Å²) in [4.78, 5) is 2.04. The molecule has 1 aromatic carbocycles.